The lowest BCUT2D eigenvalue weighted by Crippen LogP contribution is -2.56. The summed E-state index contributed by atoms with van der Waals surface area (Å²) < 4.78 is 27.8. The number of fused-ring (bicyclic) bond motifs is 3. The van der Waals surface area contributed by atoms with Gasteiger partial charge in [-0.05, 0) is 108 Å². The second-order valence-electron chi connectivity index (χ2n) is 20.2. The fourth-order valence-electron chi connectivity index (χ4n) is 11.1. The van der Waals surface area contributed by atoms with Crippen LogP contribution in [-0.4, -0.2) is 95.9 Å². The first-order valence-corrected chi connectivity index (χ1v) is 24.2. The molecule has 5 atom stereocenters. The summed E-state index contributed by atoms with van der Waals surface area (Å²) in [7, 11) is 1.46. The van der Waals surface area contributed by atoms with Crippen molar-refractivity contribution in [2.24, 2.45) is 5.41 Å². The maximum atomic E-state index is 16.4. The summed E-state index contributed by atoms with van der Waals surface area (Å²) in [5, 5.41) is 13.1. The van der Waals surface area contributed by atoms with Crippen molar-refractivity contribution in [3.05, 3.63) is 122 Å². The van der Waals surface area contributed by atoms with Gasteiger partial charge in [-0.1, -0.05) is 80.1 Å². The Hall–Kier alpha value is -6.42. The van der Waals surface area contributed by atoms with Crippen molar-refractivity contribution in [1.82, 2.24) is 20.4 Å². The van der Waals surface area contributed by atoms with Gasteiger partial charge in [-0.2, -0.15) is 0 Å². The number of hydrogen-bond acceptors (Lipinski definition) is 9. The fourth-order valence-corrected chi connectivity index (χ4v) is 11.5. The predicted molar refractivity (Wildman–Crippen MR) is 262 cm³/mol. The molecule has 4 aromatic rings. The van der Waals surface area contributed by atoms with E-state index in [0.717, 1.165) is 11.3 Å². The Bertz CT molecular complexity index is 3020. The molecule has 0 radical (unpaired) electrons. The van der Waals surface area contributed by atoms with Gasteiger partial charge in [-0.3, -0.25) is 29.3 Å². The number of halogens is 3. The third kappa shape index (κ3) is 8.34. The number of nitrogens with one attached hydrogen (secondary N) is 4. The molecular weight excluding hydrogens is 935 g/mol. The predicted octanol–water partition coefficient (Wildman–Crippen LogP) is 7.19. The van der Waals surface area contributed by atoms with E-state index in [0.29, 0.717) is 77.5 Å². The Balaban J connectivity index is 0.910. The molecule has 3 saturated heterocycles. The maximum absolute atomic E-state index is 16.4. The van der Waals surface area contributed by atoms with E-state index in [-0.39, 0.29) is 65.4 Å². The Morgan fingerprint density at radius 1 is 1.01 bits per heavy atom. The number of anilines is 2. The number of amides is 5. The highest BCUT2D eigenvalue weighted by molar-refractivity contribution is 6.31. The van der Waals surface area contributed by atoms with E-state index in [2.05, 4.69) is 65.7 Å². The standard InChI is InChI=1S/C54H51Cl2FN6O7/c1-52(2,3)25-43-54(29-58-40-24-32(55)15-16-37(40)54)45(35-12-8-13-38(56)46(35)57)47(60-43)49(66)59-39-17-14-31(23-42(39)69-4)50(67)63(33-27-70-28-33)53(21-22-53)20-6-5-9-30-10-7-11-34-36(30)26-62(51(34)68)41-18-19-44(64)61-48(41)65/h7-8,10-17,23-24,33,41,43,45,47,58,60H,18-19,21-22,25-29H2,1-4H3,(H,59,66)(H,61,64,65)/t41?,43-,45-,47+,54-/m0/s1. The largest absolute Gasteiger partial charge is 0.495 e. The number of rotatable bonds is 9. The third-order valence-corrected chi connectivity index (χ3v) is 15.1. The van der Waals surface area contributed by atoms with Crippen molar-refractivity contribution < 1.29 is 37.8 Å². The van der Waals surface area contributed by atoms with Crippen LogP contribution in [0.15, 0.2) is 72.8 Å². The second kappa shape index (κ2) is 18.1. The molecule has 1 aliphatic carbocycles. The van der Waals surface area contributed by atoms with E-state index >= 15 is 4.39 Å². The van der Waals surface area contributed by atoms with Gasteiger partial charge in [-0.25, -0.2) is 4.39 Å². The Labute approximate surface area is 415 Å². The molecule has 13 nitrogen and oxygen atoms in total. The monoisotopic (exact) mass is 984 g/mol. The number of benzene rings is 4. The first kappa shape index (κ1) is 47.3. The average Bonchev–Trinajstić information content (AvgIpc) is 3.74. The molecule has 1 unspecified atom stereocenters. The summed E-state index contributed by atoms with van der Waals surface area (Å²) in [5.74, 6) is 9.44. The maximum Gasteiger partial charge on any atom is 0.255 e. The minimum atomic E-state index is -0.932. The van der Waals surface area contributed by atoms with Crippen molar-refractivity contribution >= 4 is 64.1 Å². The lowest BCUT2D eigenvalue weighted by molar-refractivity contribution is -0.137. The first-order chi connectivity index (χ1) is 33.5. The Kier molecular flexibility index (Phi) is 12.2. The lowest BCUT2D eigenvalue weighted by atomic mass is 9.63. The summed E-state index contributed by atoms with van der Waals surface area (Å²) >= 11 is 12.9. The van der Waals surface area contributed by atoms with Gasteiger partial charge >= 0.3 is 0 Å². The van der Waals surface area contributed by atoms with Crippen LogP contribution in [0, 0.1) is 34.9 Å². The minimum Gasteiger partial charge on any atom is -0.495 e. The van der Waals surface area contributed by atoms with Crippen molar-refractivity contribution in [3.8, 4) is 29.4 Å². The highest BCUT2D eigenvalue weighted by atomic mass is 35.5. The number of piperidine rings is 1. The summed E-state index contributed by atoms with van der Waals surface area (Å²) in [5.41, 5.74) is 2.71. The van der Waals surface area contributed by atoms with Gasteiger partial charge in [0.05, 0.1) is 43.1 Å². The highest BCUT2D eigenvalue weighted by Gasteiger charge is 2.62. The van der Waals surface area contributed by atoms with Crippen molar-refractivity contribution in [1.29, 1.82) is 0 Å². The van der Waals surface area contributed by atoms with Crippen LogP contribution in [0.3, 0.4) is 0 Å². The topological polar surface area (TPSA) is 158 Å². The van der Waals surface area contributed by atoms with E-state index in [1.807, 2.05) is 18.2 Å². The molecule has 1 saturated carbocycles. The summed E-state index contributed by atoms with van der Waals surface area (Å²) in [6.07, 6.45) is 2.32. The normalized spacial score (nSPS) is 24.0. The van der Waals surface area contributed by atoms with E-state index < -0.39 is 46.6 Å². The number of imide groups is 1. The van der Waals surface area contributed by atoms with E-state index in [1.54, 1.807) is 53.4 Å². The molecule has 70 heavy (non-hydrogen) atoms. The zero-order chi connectivity index (χ0) is 49.3. The molecule has 4 fully saturated rings. The summed E-state index contributed by atoms with van der Waals surface area (Å²) in [6, 6.07) is 18.5. The molecule has 16 heteroatoms. The number of carbonyl (C=O) groups is 5. The smallest absolute Gasteiger partial charge is 0.255 e. The number of ether oxygens (including phenoxy) is 2. The van der Waals surface area contributed by atoms with Gasteiger partial charge < -0.3 is 35.2 Å². The number of nitrogens with zero attached hydrogens (tertiary/aromatic N) is 2. The third-order valence-electron chi connectivity index (χ3n) is 14.6. The zero-order valence-electron chi connectivity index (χ0n) is 39.1. The minimum absolute atomic E-state index is 0.0416. The van der Waals surface area contributed by atoms with E-state index in [9.17, 15) is 24.0 Å². The Morgan fingerprint density at radius 3 is 2.51 bits per heavy atom. The van der Waals surface area contributed by atoms with E-state index in [4.69, 9.17) is 32.7 Å². The van der Waals surface area contributed by atoms with Crippen LogP contribution in [0.25, 0.3) is 0 Å². The molecule has 4 N–H and O–H groups in total. The number of carbonyl (C=O) groups excluding carboxylic acids is 5. The molecule has 0 aromatic heterocycles. The van der Waals surface area contributed by atoms with Crippen LogP contribution in [0.5, 0.6) is 5.75 Å². The number of methoxy groups -OCH3 is 1. The molecule has 5 heterocycles. The fraction of sp³-hybridized carbons (Fsp3) is 0.389. The average molecular weight is 986 g/mol. The van der Waals surface area contributed by atoms with Crippen LogP contribution in [-0.2, 0) is 31.1 Å². The molecule has 6 aliphatic rings. The highest BCUT2D eigenvalue weighted by Crippen LogP contribution is 2.57. The summed E-state index contributed by atoms with van der Waals surface area (Å²) in [6.45, 7) is 7.69. The van der Waals surface area contributed by atoms with Gasteiger partial charge in [0.15, 0.2) is 0 Å². The first-order valence-electron chi connectivity index (χ1n) is 23.5. The van der Waals surface area contributed by atoms with Gasteiger partial charge in [-0.15, -0.1) is 0 Å². The van der Waals surface area contributed by atoms with E-state index in [1.165, 1.54) is 18.1 Å². The van der Waals surface area contributed by atoms with Gasteiger partial charge in [0.1, 0.15) is 23.1 Å². The van der Waals surface area contributed by atoms with Gasteiger partial charge in [0.2, 0.25) is 17.7 Å². The molecule has 5 amide bonds. The van der Waals surface area contributed by atoms with Gasteiger partial charge in [0.25, 0.3) is 11.8 Å². The lowest BCUT2D eigenvalue weighted by Gasteiger charge is -2.41. The van der Waals surface area contributed by atoms with Crippen molar-refractivity contribution in [2.75, 3.05) is 37.5 Å². The molecule has 0 bridgehead atoms. The quantitative estimate of drug-likeness (QED) is 0.101. The number of hydrogen-bond donors (Lipinski definition) is 4. The van der Waals surface area contributed by atoms with Crippen LogP contribution in [0.4, 0.5) is 15.8 Å². The molecular formula is C54H51Cl2FN6O7. The van der Waals surface area contributed by atoms with Crippen LogP contribution in [0.2, 0.25) is 10.0 Å². The molecule has 360 valence electrons. The molecule has 4 aromatic carbocycles. The molecule has 5 aliphatic heterocycles. The second-order valence-corrected chi connectivity index (χ2v) is 21.0. The SMILES string of the molecule is COc1cc(C(=O)N(C2COC2)C2(C#CC#Cc3cccc4c3CN(C3CCC(=O)NC3=O)C4=O)CC2)ccc1NC(=O)[C@@H]1N[C@@H](CC(C)(C)C)[C@@]2(CNc3cc(Cl)ccc32)[C@H]1c1cccc(Cl)c1F. The van der Waals surface area contributed by atoms with Crippen molar-refractivity contribution in [3.63, 3.8) is 0 Å². The zero-order valence-corrected chi connectivity index (χ0v) is 40.6. The van der Waals surface area contributed by atoms with Crippen molar-refractivity contribution in [2.45, 2.75) is 100 Å². The Morgan fingerprint density at radius 2 is 1.80 bits per heavy atom. The molecule has 10 rings (SSSR count). The van der Waals surface area contributed by atoms with Crippen LogP contribution in [0.1, 0.15) is 102 Å². The van der Waals surface area contributed by atoms with Gasteiger partial charge in [0, 0.05) is 64.3 Å². The van der Waals surface area contributed by atoms with Crippen LogP contribution < -0.4 is 26.0 Å². The molecule has 1 spiro atoms. The summed E-state index contributed by atoms with van der Waals surface area (Å²) in [4.78, 5) is 70.5. The van der Waals surface area contributed by atoms with Crippen LogP contribution >= 0.6 is 23.2 Å².